The van der Waals surface area contributed by atoms with E-state index in [0.717, 1.165) is 12.1 Å². The molecule has 0 aliphatic rings. The van der Waals surface area contributed by atoms with Crippen LogP contribution in [0.2, 0.25) is 0 Å². The van der Waals surface area contributed by atoms with Gasteiger partial charge in [-0.25, -0.2) is 0 Å². The molecular formula is C14H10F3NO. The Bertz CT molecular complexity index is 606. The van der Waals surface area contributed by atoms with E-state index in [0.29, 0.717) is 5.56 Å². The van der Waals surface area contributed by atoms with Crippen molar-refractivity contribution in [2.75, 3.05) is 0 Å². The summed E-state index contributed by atoms with van der Waals surface area (Å²) >= 11 is 0. The van der Waals surface area contributed by atoms with Crippen molar-refractivity contribution in [1.82, 2.24) is 4.98 Å². The fourth-order valence-electron chi connectivity index (χ4n) is 1.68. The predicted molar refractivity (Wildman–Crippen MR) is 63.9 cm³/mol. The minimum absolute atomic E-state index is 0.0218. The highest BCUT2D eigenvalue weighted by Crippen LogP contribution is 2.30. The van der Waals surface area contributed by atoms with Crippen LogP contribution in [0.4, 0.5) is 13.2 Å². The number of pyridine rings is 1. The maximum atomic E-state index is 12.6. The van der Waals surface area contributed by atoms with Crippen molar-refractivity contribution in [3.05, 3.63) is 65.0 Å². The first kappa shape index (κ1) is 13.3. The highest BCUT2D eigenvalue weighted by atomic mass is 19.4. The van der Waals surface area contributed by atoms with Crippen LogP contribution >= 0.6 is 0 Å². The van der Waals surface area contributed by atoms with Crippen LogP contribution in [0.25, 0.3) is 0 Å². The van der Waals surface area contributed by atoms with Crippen LogP contribution in [0.5, 0.6) is 0 Å². The highest BCUT2D eigenvalue weighted by molar-refractivity contribution is 6.08. The number of aryl methyl sites for hydroxylation is 1. The van der Waals surface area contributed by atoms with E-state index in [1.165, 1.54) is 18.3 Å². The van der Waals surface area contributed by atoms with Crippen LogP contribution in [0.3, 0.4) is 0 Å². The molecule has 0 saturated heterocycles. The zero-order valence-electron chi connectivity index (χ0n) is 10.0. The Morgan fingerprint density at radius 3 is 2.47 bits per heavy atom. The third-order valence-electron chi connectivity index (χ3n) is 2.71. The van der Waals surface area contributed by atoms with Gasteiger partial charge in [-0.15, -0.1) is 0 Å². The lowest BCUT2D eigenvalue weighted by molar-refractivity contribution is -0.137. The summed E-state index contributed by atoms with van der Waals surface area (Å²) in [6.07, 6.45) is -3.04. The molecule has 1 aromatic carbocycles. The van der Waals surface area contributed by atoms with Crippen molar-refractivity contribution in [3.8, 4) is 0 Å². The Kier molecular flexibility index (Phi) is 3.38. The quantitative estimate of drug-likeness (QED) is 0.776. The second-order valence-corrected chi connectivity index (χ2v) is 4.07. The summed E-state index contributed by atoms with van der Waals surface area (Å²) < 4.78 is 37.9. The minimum atomic E-state index is -4.47. The van der Waals surface area contributed by atoms with Gasteiger partial charge in [0, 0.05) is 11.8 Å². The summed E-state index contributed by atoms with van der Waals surface area (Å²) in [5, 5.41) is 0. The molecule has 98 valence electrons. The van der Waals surface area contributed by atoms with Gasteiger partial charge in [0.2, 0.25) is 5.78 Å². The molecular weight excluding hydrogens is 255 g/mol. The Morgan fingerprint density at radius 1 is 1.16 bits per heavy atom. The van der Waals surface area contributed by atoms with Crippen molar-refractivity contribution in [1.29, 1.82) is 0 Å². The number of nitrogens with zero attached hydrogens (tertiary/aromatic N) is 1. The smallest absolute Gasteiger partial charge is 0.287 e. The first-order valence-corrected chi connectivity index (χ1v) is 5.53. The lowest BCUT2D eigenvalue weighted by Gasteiger charge is -2.10. The summed E-state index contributed by atoms with van der Waals surface area (Å²) in [4.78, 5) is 16.0. The minimum Gasteiger partial charge on any atom is -0.287 e. The standard InChI is InChI=1S/C14H10F3NO/c1-9-5-6-10(14(15,16)17)8-11(9)13(19)12-4-2-3-7-18-12/h2-8H,1H3. The van der Waals surface area contributed by atoms with Crippen molar-refractivity contribution in [2.45, 2.75) is 13.1 Å². The third kappa shape index (κ3) is 2.81. The van der Waals surface area contributed by atoms with E-state index in [4.69, 9.17) is 0 Å². The molecule has 19 heavy (non-hydrogen) atoms. The maximum Gasteiger partial charge on any atom is 0.416 e. The molecule has 0 bridgehead atoms. The van der Waals surface area contributed by atoms with Gasteiger partial charge in [0.1, 0.15) is 5.69 Å². The number of hydrogen-bond acceptors (Lipinski definition) is 2. The van der Waals surface area contributed by atoms with Gasteiger partial charge in [0.25, 0.3) is 0 Å². The number of alkyl halides is 3. The fourth-order valence-corrected chi connectivity index (χ4v) is 1.68. The number of aromatic nitrogens is 1. The molecule has 0 atom stereocenters. The molecule has 1 heterocycles. The molecule has 0 unspecified atom stereocenters. The largest absolute Gasteiger partial charge is 0.416 e. The first-order valence-electron chi connectivity index (χ1n) is 5.53. The molecule has 0 aliphatic heterocycles. The molecule has 2 rings (SSSR count). The summed E-state index contributed by atoms with van der Waals surface area (Å²) in [6, 6.07) is 7.84. The average molecular weight is 265 g/mol. The molecule has 0 spiro atoms. The summed E-state index contributed by atoms with van der Waals surface area (Å²) in [5.41, 5.74) is -0.195. The van der Waals surface area contributed by atoms with Crippen LogP contribution < -0.4 is 0 Å². The van der Waals surface area contributed by atoms with Crippen LogP contribution in [0.15, 0.2) is 42.6 Å². The van der Waals surface area contributed by atoms with Gasteiger partial charge in [0.15, 0.2) is 0 Å². The molecule has 0 radical (unpaired) electrons. The SMILES string of the molecule is Cc1ccc(C(F)(F)F)cc1C(=O)c1ccccn1. The van der Waals surface area contributed by atoms with E-state index in [2.05, 4.69) is 4.98 Å². The van der Waals surface area contributed by atoms with Crippen molar-refractivity contribution >= 4 is 5.78 Å². The van der Waals surface area contributed by atoms with Crippen LogP contribution in [-0.2, 0) is 6.18 Å². The molecule has 5 heteroatoms. The molecule has 1 aromatic heterocycles. The molecule has 0 N–H and O–H groups in total. The predicted octanol–water partition coefficient (Wildman–Crippen LogP) is 3.64. The van der Waals surface area contributed by atoms with Crippen LogP contribution in [0, 0.1) is 6.92 Å². The first-order chi connectivity index (χ1) is 8.89. The molecule has 0 aliphatic carbocycles. The van der Waals surface area contributed by atoms with Gasteiger partial charge in [0.05, 0.1) is 5.56 Å². The number of carbonyl (C=O) groups excluding carboxylic acids is 1. The zero-order valence-corrected chi connectivity index (χ0v) is 10.0. The number of halogens is 3. The molecule has 0 saturated carbocycles. The highest BCUT2D eigenvalue weighted by Gasteiger charge is 2.31. The number of benzene rings is 1. The summed E-state index contributed by atoms with van der Waals surface area (Å²) in [6.45, 7) is 1.59. The Balaban J connectivity index is 2.48. The van der Waals surface area contributed by atoms with E-state index in [-0.39, 0.29) is 11.3 Å². The molecule has 2 aromatic rings. The normalized spacial score (nSPS) is 11.4. The van der Waals surface area contributed by atoms with Crippen molar-refractivity contribution < 1.29 is 18.0 Å². The lowest BCUT2D eigenvalue weighted by atomic mass is 9.99. The second kappa shape index (κ2) is 4.84. The number of carbonyl (C=O) groups is 1. The van der Waals surface area contributed by atoms with Gasteiger partial charge in [-0.05, 0) is 36.8 Å². The molecule has 0 amide bonds. The Morgan fingerprint density at radius 2 is 1.89 bits per heavy atom. The Hall–Kier alpha value is -2.17. The second-order valence-electron chi connectivity index (χ2n) is 4.07. The van der Waals surface area contributed by atoms with E-state index in [1.807, 2.05) is 0 Å². The summed E-state index contributed by atoms with van der Waals surface area (Å²) in [5.74, 6) is -0.510. The number of rotatable bonds is 2. The fraction of sp³-hybridized carbons (Fsp3) is 0.143. The van der Waals surface area contributed by atoms with E-state index in [9.17, 15) is 18.0 Å². The lowest BCUT2D eigenvalue weighted by Crippen LogP contribution is -2.10. The van der Waals surface area contributed by atoms with Gasteiger partial charge >= 0.3 is 6.18 Å². The molecule has 2 nitrogen and oxygen atoms in total. The third-order valence-corrected chi connectivity index (χ3v) is 2.71. The van der Waals surface area contributed by atoms with Crippen molar-refractivity contribution in [3.63, 3.8) is 0 Å². The monoisotopic (exact) mass is 265 g/mol. The van der Waals surface area contributed by atoms with Crippen LogP contribution in [0.1, 0.15) is 27.2 Å². The number of hydrogen-bond donors (Lipinski definition) is 0. The van der Waals surface area contributed by atoms with Gasteiger partial charge in [-0.1, -0.05) is 12.1 Å². The molecule has 0 fully saturated rings. The van der Waals surface area contributed by atoms with E-state index >= 15 is 0 Å². The topological polar surface area (TPSA) is 30.0 Å². The van der Waals surface area contributed by atoms with E-state index in [1.54, 1.807) is 19.1 Å². The van der Waals surface area contributed by atoms with Gasteiger partial charge in [-0.2, -0.15) is 13.2 Å². The van der Waals surface area contributed by atoms with Crippen molar-refractivity contribution in [2.24, 2.45) is 0 Å². The number of ketones is 1. The Labute approximate surface area is 107 Å². The van der Waals surface area contributed by atoms with Gasteiger partial charge in [-0.3, -0.25) is 9.78 Å². The summed E-state index contributed by atoms with van der Waals surface area (Å²) in [7, 11) is 0. The van der Waals surface area contributed by atoms with Crippen LogP contribution in [-0.4, -0.2) is 10.8 Å². The zero-order chi connectivity index (χ0) is 14.0. The van der Waals surface area contributed by atoms with E-state index < -0.39 is 17.5 Å². The average Bonchev–Trinajstić information content (AvgIpc) is 2.38. The van der Waals surface area contributed by atoms with Gasteiger partial charge < -0.3 is 0 Å². The maximum absolute atomic E-state index is 12.6.